The van der Waals surface area contributed by atoms with Crippen LogP contribution in [0.25, 0.3) is 0 Å². The summed E-state index contributed by atoms with van der Waals surface area (Å²) in [5.41, 5.74) is 4.23. The Bertz CT molecular complexity index is 636. The molecule has 2 aromatic rings. The lowest BCUT2D eigenvalue weighted by molar-refractivity contribution is -0.385. The molecule has 0 heterocycles. The fraction of sp³-hybridized carbons (Fsp3) is 0.294. The van der Waals surface area contributed by atoms with Gasteiger partial charge in [0.2, 0.25) is 0 Å². The Hall–Kier alpha value is -2.36. The molecule has 0 aliphatic heterocycles. The van der Waals surface area contributed by atoms with E-state index in [0.29, 0.717) is 5.56 Å². The van der Waals surface area contributed by atoms with Crippen LogP contribution >= 0.6 is 0 Å². The zero-order valence-corrected chi connectivity index (χ0v) is 12.6. The topological polar surface area (TPSA) is 55.2 Å². The third kappa shape index (κ3) is 3.60. The molecule has 4 heteroatoms. The van der Waals surface area contributed by atoms with Gasteiger partial charge in [0.25, 0.3) is 5.69 Å². The number of rotatable bonds is 5. The van der Waals surface area contributed by atoms with Crippen LogP contribution in [0.3, 0.4) is 0 Å². The van der Waals surface area contributed by atoms with Crippen LogP contribution in [0.5, 0.6) is 0 Å². The van der Waals surface area contributed by atoms with E-state index in [1.54, 1.807) is 19.1 Å². The summed E-state index contributed by atoms with van der Waals surface area (Å²) < 4.78 is 0. The molecule has 1 N–H and O–H groups in total. The van der Waals surface area contributed by atoms with Gasteiger partial charge in [0.1, 0.15) is 0 Å². The van der Waals surface area contributed by atoms with E-state index in [0.717, 1.165) is 12.1 Å². The van der Waals surface area contributed by atoms with Gasteiger partial charge in [-0.2, -0.15) is 0 Å². The van der Waals surface area contributed by atoms with Crippen LogP contribution < -0.4 is 5.32 Å². The molecule has 0 saturated heterocycles. The van der Waals surface area contributed by atoms with Crippen molar-refractivity contribution in [3.8, 4) is 0 Å². The second-order valence-electron chi connectivity index (χ2n) is 5.22. The minimum absolute atomic E-state index is 0.150. The molecule has 0 aliphatic carbocycles. The summed E-state index contributed by atoms with van der Waals surface area (Å²) in [6, 6.07) is 13.8. The maximum absolute atomic E-state index is 10.8. The molecule has 1 unspecified atom stereocenters. The number of aryl methyl sites for hydroxylation is 2. The SMILES string of the molecule is CCc1ccc(C(C)Nc2ccc([N+](=O)[O-])c(C)c2)cc1. The highest BCUT2D eigenvalue weighted by Crippen LogP contribution is 2.25. The highest BCUT2D eigenvalue weighted by atomic mass is 16.6. The molecular weight excluding hydrogens is 264 g/mol. The Kier molecular flexibility index (Phi) is 4.58. The van der Waals surface area contributed by atoms with Gasteiger partial charge >= 0.3 is 0 Å². The van der Waals surface area contributed by atoms with Crippen molar-refractivity contribution in [2.24, 2.45) is 0 Å². The number of nitro groups is 1. The second-order valence-corrected chi connectivity index (χ2v) is 5.22. The first-order valence-electron chi connectivity index (χ1n) is 7.11. The average Bonchev–Trinajstić information content (AvgIpc) is 2.47. The van der Waals surface area contributed by atoms with Crippen LogP contribution in [-0.2, 0) is 6.42 Å². The van der Waals surface area contributed by atoms with E-state index in [1.165, 1.54) is 11.1 Å². The van der Waals surface area contributed by atoms with Gasteiger partial charge in [-0.3, -0.25) is 10.1 Å². The molecule has 110 valence electrons. The monoisotopic (exact) mass is 284 g/mol. The smallest absolute Gasteiger partial charge is 0.272 e. The number of anilines is 1. The van der Waals surface area contributed by atoms with Gasteiger partial charge in [0.05, 0.1) is 4.92 Å². The van der Waals surface area contributed by atoms with Crippen molar-refractivity contribution in [1.29, 1.82) is 0 Å². The molecule has 0 spiro atoms. The van der Waals surface area contributed by atoms with Gasteiger partial charge in [0, 0.05) is 23.4 Å². The fourth-order valence-corrected chi connectivity index (χ4v) is 2.33. The summed E-state index contributed by atoms with van der Waals surface area (Å²) >= 11 is 0. The number of hydrogen-bond acceptors (Lipinski definition) is 3. The molecule has 2 aromatic carbocycles. The maximum atomic E-state index is 10.8. The van der Waals surface area contributed by atoms with Crippen molar-refractivity contribution in [3.63, 3.8) is 0 Å². The van der Waals surface area contributed by atoms with Crippen LogP contribution in [-0.4, -0.2) is 4.92 Å². The van der Waals surface area contributed by atoms with Crippen molar-refractivity contribution in [3.05, 3.63) is 69.3 Å². The Morgan fingerprint density at radius 1 is 1.19 bits per heavy atom. The molecular formula is C17H20N2O2. The van der Waals surface area contributed by atoms with E-state index < -0.39 is 0 Å². The number of hydrogen-bond donors (Lipinski definition) is 1. The predicted octanol–water partition coefficient (Wildman–Crippen LogP) is 4.64. The minimum atomic E-state index is -0.355. The van der Waals surface area contributed by atoms with Crippen LogP contribution in [0, 0.1) is 17.0 Å². The van der Waals surface area contributed by atoms with Crippen LogP contribution in [0.4, 0.5) is 11.4 Å². The normalized spacial score (nSPS) is 12.0. The predicted molar refractivity (Wildman–Crippen MR) is 85.7 cm³/mol. The van der Waals surface area contributed by atoms with Gasteiger partial charge in [-0.05, 0) is 43.5 Å². The largest absolute Gasteiger partial charge is 0.379 e. The van der Waals surface area contributed by atoms with Crippen molar-refractivity contribution < 1.29 is 4.92 Å². The Labute approximate surface area is 125 Å². The van der Waals surface area contributed by atoms with Gasteiger partial charge in [-0.25, -0.2) is 0 Å². The summed E-state index contributed by atoms with van der Waals surface area (Å²) in [6.45, 7) is 5.97. The number of benzene rings is 2. The highest BCUT2D eigenvalue weighted by molar-refractivity contribution is 5.54. The van der Waals surface area contributed by atoms with E-state index in [-0.39, 0.29) is 16.7 Å². The Morgan fingerprint density at radius 2 is 1.86 bits per heavy atom. The molecule has 21 heavy (non-hydrogen) atoms. The molecule has 0 fully saturated rings. The molecule has 0 amide bonds. The van der Waals surface area contributed by atoms with Crippen molar-refractivity contribution in [2.45, 2.75) is 33.2 Å². The highest BCUT2D eigenvalue weighted by Gasteiger charge is 2.11. The summed E-state index contributed by atoms with van der Waals surface area (Å²) in [5.74, 6) is 0. The second kappa shape index (κ2) is 6.39. The third-order valence-corrected chi connectivity index (χ3v) is 3.66. The van der Waals surface area contributed by atoms with Crippen molar-refractivity contribution >= 4 is 11.4 Å². The third-order valence-electron chi connectivity index (χ3n) is 3.66. The maximum Gasteiger partial charge on any atom is 0.272 e. The molecule has 0 bridgehead atoms. The molecule has 2 rings (SSSR count). The van der Waals surface area contributed by atoms with Gasteiger partial charge < -0.3 is 5.32 Å². The summed E-state index contributed by atoms with van der Waals surface area (Å²) in [5, 5.41) is 14.2. The first-order chi connectivity index (χ1) is 10.0. The molecule has 0 aliphatic rings. The average molecular weight is 284 g/mol. The lowest BCUT2D eigenvalue weighted by Crippen LogP contribution is -2.07. The summed E-state index contributed by atoms with van der Waals surface area (Å²) in [6.07, 6.45) is 1.03. The molecule has 1 atom stereocenters. The molecule has 0 radical (unpaired) electrons. The van der Waals surface area contributed by atoms with Crippen molar-refractivity contribution in [1.82, 2.24) is 0 Å². The van der Waals surface area contributed by atoms with Crippen LogP contribution in [0.1, 0.15) is 36.6 Å². The Morgan fingerprint density at radius 3 is 2.38 bits per heavy atom. The lowest BCUT2D eigenvalue weighted by atomic mass is 10.0. The lowest BCUT2D eigenvalue weighted by Gasteiger charge is -2.16. The fourth-order valence-electron chi connectivity index (χ4n) is 2.33. The summed E-state index contributed by atoms with van der Waals surface area (Å²) in [4.78, 5) is 10.5. The van der Waals surface area contributed by atoms with Gasteiger partial charge in [-0.1, -0.05) is 31.2 Å². The molecule has 4 nitrogen and oxygen atoms in total. The first-order valence-corrected chi connectivity index (χ1v) is 7.11. The quantitative estimate of drug-likeness (QED) is 0.643. The number of nitrogens with one attached hydrogen (secondary N) is 1. The van der Waals surface area contributed by atoms with Gasteiger partial charge in [-0.15, -0.1) is 0 Å². The van der Waals surface area contributed by atoms with E-state index >= 15 is 0 Å². The van der Waals surface area contributed by atoms with Crippen molar-refractivity contribution in [2.75, 3.05) is 5.32 Å². The van der Waals surface area contributed by atoms with E-state index in [2.05, 4.69) is 43.4 Å². The minimum Gasteiger partial charge on any atom is -0.379 e. The van der Waals surface area contributed by atoms with Crippen LogP contribution in [0.2, 0.25) is 0 Å². The van der Waals surface area contributed by atoms with E-state index in [9.17, 15) is 10.1 Å². The van der Waals surface area contributed by atoms with E-state index in [1.807, 2.05) is 6.07 Å². The van der Waals surface area contributed by atoms with E-state index in [4.69, 9.17) is 0 Å². The van der Waals surface area contributed by atoms with Gasteiger partial charge in [0.15, 0.2) is 0 Å². The standard InChI is InChI=1S/C17H20N2O2/c1-4-14-5-7-15(8-6-14)13(3)18-16-9-10-17(19(20)21)12(2)11-16/h5-11,13,18H,4H2,1-3H3. The zero-order chi connectivity index (χ0) is 15.4. The Balaban J connectivity index is 2.13. The molecule has 0 aromatic heterocycles. The zero-order valence-electron chi connectivity index (χ0n) is 12.6. The van der Waals surface area contributed by atoms with Crippen LogP contribution in [0.15, 0.2) is 42.5 Å². The molecule has 0 saturated carbocycles. The summed E-state index contributed by atoms with van der Waals surface area (Å²) in [7, 11) is 0. The number of nitro benzene ring substituents is 1. The first kappa shape index (κ1) is 15.0. The number of nitrogens with zero attached hydrogens (tertiary/aromatic N) is 1.